The smallest absolute Gasteiger partial charge is 0.253 e. The third-order valence-corrected chi connectivity index (χ3v) is 12.2. The first-order valence-corrected chi connectivity index (χ1v) is 14.5. The van der Waals surface area contributed by atoms with E-state index in [2.05, 4.69) is 47.8 Å². The topological polar surface area (TPSA) is 23.6 Å². The van der Waals surface area contributed by atoms with E-state index in [1.165, 1.54) is 45.1 Å². The first kappa shape index (κ1) is 23.3. The molecule has 184 valence electrons. The molecule has 1 spiro atoms. The zero-order valence-corrected chi connectivity index (χ0v) is 23.0. The average Bonchev–Trinajstić information content (AvgIpc) is 3.31. The van der Waals surface area contributed by atoms with Gasteiger partial charge in [0.2, 0.25) is 0 Å². The summed E-state index contributed by atoms with van der Waals surface area (Å²) >= 11 is 3.48. The van der Waals surface area contributed by atoms with E-state index in [4.69, 9.17) is 0 Å². The second-order valence-electron chi connectivity index (χ2n) is 12.7. The summed E-state index contributed by atoms with van der Waals surface area (Å²) in [6, 6.07) is 8.90. The Balaban J connectivity index is 1.21. The Labute approximate surface area is 214 Å². The average molecular weight is 526 g/mol. The number of fused-ring (bicyclic) bond motifs is 4. The minimum absolute atomic E-state index is 0.159. The van der Waals surface area contributed by atoms with E-state index in [-0.39, 0.29) is 5.91 Å². The van der Waals surface area contributed by atoms with Crippen molar-refractivity contribution in [3.05, 3.63) is 46.0 Å². The lowest BCUT2D eigenvalue weighted by Crippen LogP contribution is -2.53. The standard InChI is InChI=1S/C30H41BrN2O/c1-19-25-11-12-27-24-10-7-21-17-23(33(4)28(34)20-5-8-22(31)9-6-20)13-15-29(21,2)26(24)14-16-30(25,27)18-32(19)3/h5-9,19,23-27H,10-18H2,1-4H3. The summed E-state index contributed by atoms with van der Waals surface area (Å²) in [6.07, 6.45) is 13.2. The summed E-state index contributed by atoms with van der Waals surface area (Å²) in [4.78, 5) is 17.9. The van der Waals surface area contributed by atoms with E-state index < -0.39 is 0 Å². The number of rotatable bonds is 2. The van der Waals surface area contributed by atoms with Gasteiger partial charge >= 0.3 is 0 Å². The van der Waals surface area contributed by atoms with Crippen molar-refractivity contribution in [2.75, 3.05) is 20.6 Å². The molecule has 34 heavy (non-hydrogen) atoms. The van der Waals surface area contributed by atoms with Gasteiger partial charge in [-0.2, -0.15) is 0 Å². The van der Waals surface area contributed by atoms with Crippen LogP contribution in [0.5, 0.6) is 0 Å². The van der Waals surface area contributed by atoms with Crippen LogP contribution in [-0.4, -0.2) is 48.4 Å². The number of amides is 1. The summed E-state index contributed by atoms with van der Waals surface area (Å²) in [5.74, 6) is 3.74. The molecular weight excluding hydrogens is 484 g/mol. The highest BCUT2D eigenvalue weighted by molar-refractivity contribution is 9.10. The molecule has 1 heterocycles. The third kappa shape index (κ3) is 3.26. The van der Waals surface area contributed by atoms with Crippen molar-refractivity contribution in [1.29, 1.82) is 0 Å². The molecule has 1 amide bonds. The summed E-state index contributed by atoms with van der Waals surface area (Å²) in [5, 5.41) is 0. The first-order chi connectivity index (χ1) is 16.2. The second-order valence-corrected chi connectivity index (χ2v) is 13.6. The molecule has 1 aromatic carbocycles. The van der Waals surface area contributed by atoms with Crippen LogP contribution >= 0.6 is 15.9 Å². The summed E-state index contributed by atoms with van der Waals surface area (Å²) < 4.78 is 1.02. The molecule has 4 aliphatic carbocycles. The lowest BCUT2D eigenvalue weighted by Gasteiger charge is -2.58. The predicted octanol–water partition coefficient (Wildman–Crippen LogP) is 6.78. The molecule has 1 aromatic rings. The molecule has 6 rings (SSSR count). The molecule has 3 nitrogen and oxygen atoms in total. The van der Waals surface area contributed by atoms with Crippen LogP contribution in [0.3, 0.4) is 0 Å². The minimum atomic E-state index is 0.159. The van der Waals surface area contributed by atoms with Gasteiger partial charge in [0, 0.05) is 35.7 Å². The number of carbonyl (C=O) groups is 1. The number of nitrogens with zero attached hydrogens (tertiary/aromatic N) is 2. The number of hydrogen-bond acceptors (Lipinski definition) is 2. The normalized spacial score (nSPS) is 43.4. The van der Waals surface area contributed by atoms with Crippen LogP contribution in [0.4, 0.5) is 0 Å². The van der Waals surface area contributed by atoms with Crippen molar-refractivity contribution in [2.24, 2.45) is 34.5 Å². The van der Waals surface area contributed by atoms with E-state index >= 15 is 0 Å². The van der Waals surface area contributed by atoms with Crippen molar-refractivity contribution in [1.82, 2.24) is 9.80 Å². The highest BCUT2D eigenvalue weighted by atomic mass is 79.9. The molecule has 1 saturated heterocycles. The maximum atomic E-state index is 13.2. The molecule has 4 fully saturated rings. The quantitative estimate of drug-likeness (QED) is 0.398. The van der Waals surface area contributed by atoms with E-state index in [1.54, 1.807) is 5.57 Å². The van der Waals surface area contributed by atoms with E-state index in [1.807, 2.05) is 36.2 Å². The lowest BCUT2D eigenvalue weighted by molar-refractivity contribution is -0.0430. The van der Waals surface area contributed by atoms with Crippen LogP contribution in [0.25, 0.3) is 0 Å². The van der Waals surface area contributed by atoms with Crippen LogP contribution < -0.4 is 0 Å². The molecule has 8 unspecified atom stereocenters. The van der Waals surface area contributed by atoms with Crippen LogP contribution in [-0.2, 0) is 0 Å². The SMILES string of the molecule is CC1C2CCC3C4CC=C5CC(N(C)C(=O)c6ccc(Br)cc6)CCC5(C)C4CCC32CN1C. The van der Waals surface area contributed by atoms with Crippen LogP contribution in [0, 0.1) is 34.5 Å². The first-order valence-electron chi connectivity index (χ1n) is 13.7. The summed E-state index contributed by atoms with van der Waals surface area (Å²) in [7, 11) is 4.39. The van der Waals surface area contributed by atoms with E-state index in [0.717, 1.165) is 52.6 Å². The van der Waals surface area contributed by atoms with Crippen LogP contribution in [0.1, 0.15) is 75.6 Å². The van der Waals surface area contributed by atoms with E-state index in [0.29, 0.717) is 16.9 Å². The lowest BCUT2D eigenvalue weighted by atomic mass is 9.47. The maximum Gasteiger partial charge on any atom is 0.253 e. The highest BCUT2D eigenvalue weighted by Crippen LogP contribution is 2.68. The Bertz CT molecular complexity index is 1000. The monoisotopic (exact) mass is 524 g/mol. The van der Waals surface area contributed by atoms with Gasteiger partial charge in [0.1, 0.15) is 0 Å². The Morgan fingerprint density at radius 2 is 1.79 bits per heavy atom. The maximum absolute atomic E-state index is 13.2. The molecule has 0 bridgehead atoms. The Morgan fingerprint density at radius 3 is 2.56 bits per heavy atom. The van der Waals surface area contributed by atoms with Gasteiger partial charge in [-0.1, -0.05) is 34.5 Å². The van der Waals surface area contributed by atoms with Gasteiger partial charge in [0.05, 0.1) is 0 Å². The molecule has 3 saturated carbocycles. The molecule has 8 atom stereocenters. The Kier molecular flexibility index (Phi) is 5.61. The van der Waals surface area contributed by atoms with Crippen molar-refractivity contribution in [3.63, 3.8) is 0 Å². The largest absolute Gasteiger partial charge is 0.338 e. The molecule has 4 heteroatoms. The Morgan fingerprint density at radius 1 is 1.06 bits per heavy atom. The van der Waals surface area contributed by atoms with Crippen molar-refractivity contribution in [3.8, 4) is 0 Å². The molecule has 1 aliphatic heterocycles. The van der Waals surface area contributed by atoms with Crippen molar-refractivity contribution >= 4 is 21.8 Å². The van der Waals surface area contributed by atoms with Gasteiger partial charge < -0.3 is 9.80 Å². The van der Waals surface area contributed by atoms with Gasteiger partial charge in [-0.25, -0.2) is 0 Å². The minimum Gasteiger partial charge on any atom is -0.338 e. The van der Waals surface area contributed by atoms with E-state index in [9.17, 15) is 4.79 Å². The summed E-state index contributed by atoms with van der Waals surface area (Å²) in [5.41, 5.74) is 3.41. The van der Waals surface area contributed by atoms with Crippen LogP contribution in [0.15, 0.2) is 40.4 Å². The fourth-order valence-electron chi connectivity index (χ4n) is 9.74. The van der Waals surface area contributed by atoms with Gasteiger partial charge in [-0.3, -0.25) is 4.79 Å². The molecular formula is C30H41BrN2O. The number of carbonyl (C=O) groups excluding carboxylic acids is 1. The van der Waals surface area contributed by atoms with Gasteiger partial charge in [0.25, 0.3) is 5.91 Å². The molecule has 0 aromatic heterocycles. The zero-order chi connectivity index (χ0) is 23.8. The number of hydrogen-bond donors (Lipinski definition) is 0. The van der Waals surface area contributed by atoms with Gasteiger partial charge in [-0.05, 0) is 124 Å². The second kappa shape index (κ2) is 8.20. The van der Waals surface area contributed by atoms with Crippen molar-refractivity contribution < 1.29 is 4.79 Å². The zero-order valence-electron chi connectivity index (χ0n) is 21.4. The fourth-order valence-corrected chi connectivity index (χ4v) is 10.0. The molecule has 0 radical (unpaired) electrons. The predicted molar refractivity (Wildman–Crippen MR) is 142 cm³/mol. The number of allylic oxidation sites excluding steroid dienone is 1. The van der Waals surface area contributed by atoms with Crippen LogP contribution in [0.2, 0.25) is 0 Å². The molecule has 0 N–H and O–H groups in total. The molecule has 5 aliphatic rings. The third-order valence-electron chi connectivity index (χ3n) is 11.6. The number of likely N-dealkylation sites (tertiary alicyclic amines) is 1. The van der Waals surface area contributed by atoms with Gasteiger partial charge in [0.15, 0.2) is 0 Å². The van der Waals surface area contributed by atoms with Crippen molar-refractivity contribution in [2.45, 2.75) is 77.3 Å². The Hall–Kier alpha value is -1.13. The summed E-state index contributed by atoms with van der Waals surface area (Å²) in [6.45, 7) is 6.42. The van der Waals surface area contributed by atoms with Gasteiger partial charge in [-0.15, -0.1) is 0 Å². The highest BCUT2D eigenvalue weighted by Gasteiger charge is 2.64. The number of halogens is 1. The number of benzene rings is 1. The fraction of sp³-hybridized carbons (Fsp3) is 0.700.